The Kier molecular flexibility index (Phi) is 11.9. The van der Waals surface area contributed by atoms with E-state index < -0.39 is 103 Å². The van der Waals surface area contributed by atoms with Crippen LogP contribution < -0.4 is 35.2 Å². The Labute approximate surface area is 405 Å². The number of fused-ring (bicyclic) bond motifs is 6. The molecule has 1 aliphatic carbocycles. The predicted molar refractivity (Wildman–Crippen MR) is 246 cm³/mol. The molecule has 0 radical (unpaired) electrons. The molecule has 20 nitrogen and oxygen atoms in total. The molecule has 71 heavy (non-hydrogen) atoms. The highest BCUT2D eigenvalue weighted by atomic mass is 16.7. The van der Waals surface area contributed by atoms with Gasteiger partial charge in [0.25, 0.3) is 0 Å². The van der Waals surface area contributed by atoms with Crippen LogP contribution in [0.25, 0.3) is 10.9 Å². The fourth-order valence-electron chi connectivity index (χ4n) is 12.1. The van der Waals surface area contributed by atoms with Gasteiger partial charge < -0.3 is 89.9 Å². The van der Waals surface area contributed by atoms with Crippen LogP contribution in [0.4, 0.5) is 0 Å². The number of nitrogens with zero attached hydrogens (tertiary/aromatic N) is 1. The second-order valence-electron chi connectivity index (χ2n) is 19.2. The van der Waals surface area contributed by atoms with Gasteiger partial charge in [-0.1, -0.05) is 61.1 Å². The zero-order valence-corrected chi connectivity index (χ0v) is 38.2. The van der Waals surface area contributed by atoms with E-state index in [0.717, 1.165) is 16.5 Å². The minimum absolute atomic E-state index is 0.0728. The number of ether oxygens (including phenoxy) is 7. The molecule has 7 heterocycles. The fraction of sp³-hybridized carbons (Fsp3) is 0.451. The molecule has 1 spiro atoms. The number of carboxylic acids is 1. The maximum absolute atomic E-state index is 13.3. The number of H-pyrrole nitrogens is 1. The molecule has 20 heteroatoms. The maximum Gasteiger partial charge on any atom is 0.317 e. The molecule has 1 saturated heterocycles. The van der Waals surface area contributed by atoms with Crippen molar-refractivity contribution >= 4 is 22.8 Å². The number of nitrogens with one attached hydrogen (secondary N) is 1. The topological polar surface area (TPSA) is 313 Å². The largest absolute Gasteiger partial charge is 0.487 e. The first-order valence-electron chi connectivity index (χ1n) is 23.6. The summed E-state index contributed by atoms with van der Waals surface area (Å²) in [6, 6.07) is 16.6. The number of rotatable bonds is 11. The summed E-state index contributed by atoms with van der Waals surface area (Å²) >= 11 is 0. The number of esters is 1. The van der Waals surface area contributed by atoms with Crippen molar-refractivity contribution in [2.45, 2.75) is 124 Å². The van der Waals surface area contributed by atoms with Gasteiger partial charge in [0.15, 0.2) is 30.0 Å². The molecule has 2 aromatic heterocycles. The van der Waals surface area contributed by atoms with Crippen molar-refractivity contribution in [2.24, 2.45) is 16.9 Å². The summed E-state index contributed by atoms with van der Waals surface area (Å²) in [7, 11) is 0. The molecule has 1 saturated carbocycles. The van der Waals surface area contributed by atoms with Crippen LogP contribution in [0, 0.1) is 17.3 Å². The Bertz CT molecular complexity index is 2940. The van der Waals surface area contributed by atoms with Crippen molar-refractivity contribution in [2.75, 3.05) is 13.4 Å². The lowest BCUT2D eigenvalue weighted by Gasteiger charge is -2.55. The van der Waals surface area contributed by atoms with Crippen LogP contribution in [-0.2, 0) is 38.6 Å². The Balaban J connectivity index is 1.14. The summed E-state index contributed by atoms with van der Waals surface area (Å²) in [5.41, 5.74) is 13.2. The third kappa shape index (κ3) is 7.57. The number of aromatic amines is 1. The number of aliphatic hydroxyl groups is 6. The molecule has 5 aliphatic heterocycles. The number of aliphatic hydroxyl groups excluding tert-OH is 5. The van der Waals surface area contributed by atoms with Gasteiger partial charge in [-0.05, 0) is 42.5 Å². The Morgan fingerprint density at radius 3 is 2.49 bits per heavy atom. The zero-order valence-electron chi connectivity index (χ0n) is 38.2. The lowest BCUT2D eigenvalue weighted by molar-refractivity contribution is -0.356. The quantitative estimate of drug-likeness (QED) is 0.0389. The highest BCUT2D eigenvalue weighted by molar-refractivity contribution is 5.90. The lowest BCUT2D eigenvalue weighted by Crippen LogP contribution is -2.75. The highest BCUT2D eigenvalue weighted by Crippen LogP contribution is 2.64. The van der Waals surface area contributed by atoms with E-state index >= 15 is 0 Å². The summed E-state index contributed by atoms with van der Waals surface area (Å²) in [6.07, 6.45) is -8.99. The number of hydrogen-bond acceptors (Lipinski definition) is 17. The SMILES string of the molecule is NC(N)[C@H](OC(=O)CC(=O)O)[C@H]1O[C@H]2Oc3cc4c(c(Cn5cc6cc[nH]c6c5CO)c3CC3(CCCC3)[C@@]2(O)[C@@H](O)[C@@H]1O)[C@@H]1Oc2c3ccc(OCO)c2OC[C@H](O)C#C[C@@H](c2ccccc2)[C@H](O4)[C@@H]31. The smallest absolute Gasteiger partial charge is 0.317 e. The van der Waals surface area contributed by atoms with E-state index in [0.29, 0.717) is 65.1 Å². The molecule has 4 bridgehead atoms. The van der Waals surface area contributed by atoms with Gasteiger partial charge >= 0.3 is 11.9 Å². The van der Waals surface area contributed by atoms with E-state index in [9.17, 15) is 45.3 Å². The second-order valence-corrected chi connectivity index (χ2v) is 19.2. The summed E-state index contributed by atoms with van der Waals surface area (Å²) in [6.45, 7) is -1.18. The van der Waals surface area contributed by atoms with Crippen molar-refractivity contribution in [1.82, 2.24) is 9.55 Å². The van der Waals surface area contributed by atoms with Gasteiger partial charge in [0, 0.05) is 52.5 Å². The van der Waals surface area contributed by atoms with Crippen molar-refractivity contribution in [3.05, 3.63) is 101 Å². The van der Waals surface area contributed by atoms with E-state index in [-0.39, 0.29) is 43.4 Å². The predicted octanol–water partition coefficient (Wildman–Crippen LogP) is 1.66. The number of carboxylic acid groups (broad SMARTS) is 1. The Morgan fingerprint density at radius 1 is 0.972 bits per heavy atom. The van der Waals surface area contributed by atoms with E-state index in [1.54, 1.807) is 18.3 Å². The van der Waals surface area contributed by atoms with E-state index in [2.05, 4.69) is 16.8 Å². The van der Waals surface area contributed by atoms with Crippen LogP contribution in [0.5, 0.6) is 28.7 Å². The number of hydrogen-bond donors (Lipinski definition) is 10. The van der Waals surface area contributed by atoms with Crippen LogP contribution in [0.3, 0.4) is 0 Å². The monoisotopic (exact) mass is 978 g/mol. The number of benzene rings is 3. The van der Waals surface area contributed by atoms with Crippen LogP contribution in [-0.4, -0.2) is 125 Å². The minimum atomic E-state index is -2.34. The third-order valence-corrected chi connectivity index (χ3v) is 15.3. The first kappa shape index (κ1) is 47.0. The molecule has 6 aliphatic rings. The Hall–Kier alpha value is -6.38. The number of carbonyl (C=O) groups excluding carboxylic acids is 1. The summed E-state index contributed by atoms with van der Waals surface area (Å²) < 4.78 is 47.0. The van der Waals surface area contributed by atoms with Crippen LogP contribution in [0.1, 0.15) is 83.6 Å². The van der Waals surface area contributed by atoms with Gasteiger partial charge in [-0.2, -0.15) is 0 Å². The molecule has 12 N–H and O–H groups in total. The van der Waals surface area contributed by atoms with Crippen molar-refractivity contribution < 1.29 is 78.5 Å². The molecule has 0 amide bonds. The van der Waals surface area contributed by atoms with E-state index in [1.807, 2.05) is 53.2 Å². The normalized spacial score (nSPS) is 29.1. The number of nitrogens with two attached hydrogens (primary N) is 2. The van der Waals surface area contributed by atoms with E-state index in [4.69, 9.17) is 44.6 Å². The average Bonchev–Trinajstić information content (AvgIpc) is 4.15. The molecule has 374 valence electrons. The summed E-state index contributed by atoms with van der Waals surface area (Å²) in [5.74, 6) is 3.33. The molecule has 2 fully saturated rings. The van der Waals surface area contributed by atoms with Gasteiger partial charge in [0.1, 0.15) is 61.2 Å². The van der Waals surface area contributed by atoms with E-state index in [1.165, 1.54) is 0 Å². The van der Waals surface area contributed by atoms with Gasteiger partial charge in [-0.25, -0.2) is 0 Å². The molecule has 5 aromatic rings. The summed E-state index contributed by atoms with van der Waals surface area (Å²) in [5, 5.41) is 79.8. The van der Waals surface area contributed by atoms with Crippen molar-refractivity contribution in [3.63, 3.8) is 0 Å². The average molecular weight is 979 g/mol. The lowest BCUT2D eigenvalue weighted by atomic mass is 9.61. The summed E-state index contributed by atoms with van der Waals surface area (Å²) in [4.78, 5) is 27.4. The number of carbonyl (C=O) groups is 2. The third-order valence-electron chi connectivity index (χ3n) is 15.3. The first-order valence-corrected chi connectivity index (χ1v) is 23.6. The molecular weight excluding hydrogens is 925 g/mol. The molecular formula is C51H54N4O16. The zero-order chi connectivity index (χ0) is 49.5. The maximum atomic E-state index is 13.3. The number of aliphatic carboxylic acids is 1. The van der Waals surface area contributed by atoms with Crippen LogP contribution in [0.2, 0.25) is 0 Å². The second kappa shape index (κ2) is 18.0. The van der Waals surface area contributed by atoms with Gasteiger partial charge in [0.05, 0.1) is 35.8 Å². The van der Waals surface area contributed by atoms with Crippen molar-refractivity contribution in [3.8, 4) is 40.6 Å². The van der Waals surface area contributed by atoms with Crippen molar-refractivity contribution in [1.29, 1.82) is 0 Å². The molecule has 3 aromatic carbocycles. The first-order chi connectivity index (χ1) is 34.2. The van der Waals surface area contributed by atoms with Crippen LogP contribution in [0.15, 0.2) is 67.0 Å². The highest BCUT2D eigenvalue weighted by Gasteiger charge is 2.69. The van der Waals surface area contributed by atoms with Crippen LogP contribution >= 0.6 is 0 Å². The standard InChI is InChI=1S/C51H54N4O16/c52-48(53)46(69-36(61)17-35(59)60)45-40(62)47(63)51(64)49(71-45)68-33-16-34-37(30(29(33)18-50(51)13-4-5-14-50)20-55-19-25-12-15-54-39(25)31(55)21-56)44-38-28-10-11-32(66-23-57)43(42(28)70-44)65-22-26(58)8-9-27(41(38)67-34)24-6-2-1-3-7-24/h1-3,6-7,10-12,15-16,19,26-27,38,40-41,44-49,54,56-58,62-64H,4-5,13-14,17-18,20-23,52-53H2,(H,59,60)/t26-,27+,38-,40-,41+,44+,45+,46-,47+,49-,51-/m1/s1. The fourth-order valence-corrected chi connectivity index (χ4v) is 12.1. The number of aromatic nitrogens is 2. The molecule has 0 unspecified atom stereocenters. The van der Waals surface area contributed by atoms with Gasteiger partial charge in [0.2, 0.25) is 12.0 Å². The Morgan fingerprint density at radius 2 is 1.76 bits per heavy atom. The van der Waals surface area contributed by atoms with Gasteiger partial charge in [-0.3, -0.25) is 9.59 Å². The minimum Gasteiger partial charge on any atom is -0.487 e. The van der Waals surface area contributed by atoms with Gasteiger partial charge in [-0.15, -0.1) is 0 Å². The molecule has 11 atom stereocenters. The molecule has 11 rings (SSSR count).